The number of aldehydes is 1. The van der Waals surface area contributed by atoms with Gasteiger partial charge in [0.1, 0.15) is 11.5 Å². The average Bonchev–Trinajstić information content (AvgIpc) is 2.64. The van der Waals surface area contributed by atoms with Crippen molar-refractivity contribution < 1.29 is 39.0 Å². The van der Waals surface area contributed by atoms with Crippen molar-refractivity contribution in [3.05, 3.63) is 46.0 Å². The zero-order valence-corrected chi connectivity index (χ0v) is 16.1. The van der Waals surface area contributed by atoms with Crippen LogP contribution >= 0.6 is 7.82 Å². The van der Waals surface area contributed by atoms with Crippen LogP contribution in [0.3, 0.4) is 0 Å². The summed E-state index contributed by atoms with van der Waals surface area (Å²) in [6.07, 6.45) is 3.25. The molecule has 0 aliphatic heterocycles. The highest BCUT2D eigenvalue weighted by Gasteiger charge is 2.17. The number of rotatable bonds is 6. The minimum Gasteiger partial charge on any atom is -0.506 e. The Morgan fingerprint density at radius 2 is 1.64 bits per heavy atom. The number of aliphatic hydroxyl groups is 1. The fourth-order valence-electron chi connectivity index (χ4n) is 2.10. The second kappa shape index (κ2) is 10.2. The number of aliphatic hydroxyl groups excluding tert-OH is 1. The predicted molar refractivity (Wildman–Crippen MR) is 97.3 cm³/mol. The molecule has 0 amide bonds. The summed E-state index contributed by atoms with van der Waals surface area (Å²) in [5.74, 6) is -0.231. The Hall–Kier alpha value is -2.40. The maximum Gasteiger partial charge on any atom is 0.469 e. The van der Waals surface area contributed by atoms with Crippen LogP contribution in [-0.4, -0.2) is 41.4 Å². The summed E-state index contributed by atoms with van der Waals surface area (Å²) in [6.45, 7) is 2.58. The van der Waals surface area contributed by atoms with E-state index in [1.807, 2.05) is 0 Å². The molecule has 2 aromatic rings. The van der Waals surface area contributed by atoms with E-state index in [0.717, 1.165) is 0 Å². The zero-order chi connectivity index (χ0) is 21.5. The number of nitrogens with two attached hydrogens (primary N) is 1. The van der Waals surface area contributed by atoms with Gasteiger partial charge in [0.25, 0.3) is 0 Å². The van der Waals surface area contributed by atoms with Crippen molar-refractivity contribution in [3.63, 3.8) is 0 Å². The first-order chi connectivity index (χ1) is 13.1. The summed E-state index contributed by atoms with van der Waals surface area (Å²) in [5.41, 5.74) is 7.40. The minimum absolute atomic E-state index is 0.0368. The normalized spacial score (nSPS) is 10.9. The van der Waals surface area contributed by atoms with Crippen molar-refractivity contribution in [2.24, 2.45) is 5.73 Å². The number of hydrogen-bond acceptors (Lipinski definition) is 9. The van der Waals surface area contributed by atoms with Crippen LogP contribution in [0, 0.1) is 13.8 Å². The van der Waals surface area contributed by atoms with Crippen molar-refractivity contribution in [2.45, 2.75) is 33.6 Å². The van der Waals surface area contributed by atoms with Gasteiger partial charge in [-0.2, -0.15) is 0 Å². The maximum atomic E-state index is 10.5. The van der Waals surface area contributed by atoms with Crippen LogP contribution in [0.4, 0.5) is 0 Å². The summed E-state index contributed by atoms with van der Waals surface area (Å²) >= 11 is 0. The lowest BCUT2D eigenvalue weighted by molar-refractivity contribution is 0.111. The largest absolute Gasteiger partial charge is 0.506 e. The molecule has 0 aliphatic carbocycles. The average molecular weight is 415 g/mol. The predicted octanol–water partition coefficient (Wildman–Crippen LogP) is 0.564. The third-order valence-electron chi connectivity index (χ3n) is 3.67. The monoisotopic (exact) mass is 415 g/mol. The molecule has 0 aliphatic rings. The number of hydrogen-bond donors (Lipinski definition) is 6. The molecule has 11 nitrogen and oxygen atoms in total. The first-order valence-corrected chi connectivity index (χ1v) is 9.38. The lowest BCUT2D eigenvalue weighted by Crippen LogP contribution is -2.05. The van der Waals surface area contributed by atoms with Crippen molar-refractivity contribution >= 4 is 14.1 Å². The number of phosphoric ester groups is 1. The van der Waals surface area contributed by atoms with Crippen LogP contribution in [0.25, 0.3) is 0 Å². The van der Waals surface area contributed by atoms with E-state index < -0.39 is 7.82 Å². The summed E-state index contributed by atoms with van der Waals surface area (Å²) in [4.78, 5) is 35.2. The molecule has 2 aromatic heterocycles. The van der Waals surface area contributed by atoms with Gasteiger partial charge in [0.05, 0.1) is 30.2 Å². The lowest BCUT2D eigenvalue weighted by Gasteiger charge is -2.11. The van der Waals surface area contributed by atoms with Gasteiger partial charge in [-0.1, -0.05) is 0 Å². The van der Waals surface area contributed by atoms with E-state index in [-0.39, 0.29) is 36.8 Å². The van der Waals surface area contributed by atoms with Gasteiger partial charge in [-0.25, -0.2) is 4.57 Å². The number of nitrogens with zero attached hydrogens (tertiary/aromatic N) is 2. The number of phosphoric acid groups is 1. The van der Waals surface area contributed by atoms with E-state index in [9.17, 15) is 19.6 Å². The smallest absolute Gasteiger partial charge is 0.469 e. The second-order valence-corrected chi connectivity index (χ2v) is 6.81. The molecule has 0 unspecified atom stereocenters. The van der Waals surface area contributed by atoms with Gasteiger partial charge >= 0.3 is 7.82 Å². The Kier molecular flexibility index (Phi) is 8.64. The molecule has 0 saturated heterocycles. The van der Waals surface area contributed by atoms with Crippen LogP contribution in [0.5, 0.6) is 11.5 Å². The molecule has 0 saturated carbocycles. The topological polar surface area (TPSA) is 196 Å². The third-order valence-corrected chi connectivity index (χ3v) is 4.13. The molecule has 0 fully saturated rings. The first kappa shape index (κ1) is 23.6. The SMILES string of the molecule is Cc1ncc(CO)c(C=O)c1O.Cc1ncc(COP(=O)(O)O)c(CN)c1O. The molecule has 0 atom stereocenters. The molecule has 2 heterocycles. The highest BCUT2D eigenvalue weighted by molar-refractivity contribution is 7.46. The van der Waals surface area contributed by atoms with E-state index in [1.54, 1.807) is 13.8 Å². The molecule has 7 N–H and O–H groups in total. The first-order valence-electron chi connectivity index (χ1n) is 7.85. The van der Waals surface area contributed by atoms with Gasteiger partial charge in [0.2, 0.25) is 0 Å². The molecular formula is C16H22N3O8P. The van der Waals surface area contributed by atoms with Crippen LogP contribution in [-0.2, 0) is 28.8 Å². The fraction of sp³-hybridized carbons (Fsp3) is 0.312. The number of aromatic nitrogens is 2. The Bertz CT molecular complexity index is 885. The molecule has 28 heavy (non-hydrogen) atoms. The summed E-state index contributed by atoms with van der Waals surface area (Å²) < 4.78 is 14.8. The lowest BCUT2D eigenvalue weighted by atomic mass is 10.1. The quantitative estimate of drug-likeness (QED) is 0.285. The molecule has 0 bridgehead atoms. The van der Waals surface area contributed by atoms with Crippen molar-refractivity contribution in [1.29, 1.82) is 0 Å². The van der Waals surface area contributed by atoms with Gasteiger partial charge in [0.15, 0.2) is 6.29 Å². The standard InChI is InChI=1S/C8H13N2O5P.C8H9NO3/c1-5-8(11)7(2-9)6(3-10-5)4-15-16(12,13)14;1-5-8(12)7(4-11)6(3-10)2-9-5/h3,11H,2,4,9H2,1H3,(H2,12,13,14);2,4,10,12H,3H2,1H3. The van der Waals surface area contributed by atoms with Crippen molar-refractivity contribution in [2.75, 3.05) is 0 Å². The van der Waals surface area contributed by atoms with E-state index in [1.165, 1.54) is 12.4 Å². The Morgan fingerprint density at radius 3 is 2.11 bits per heavy atom. The van der Waals surface area contributed by atoms with Crippen LogP contribution in [0.15, 0.2) is 12.4 Å². The Balaban J connectivity index is 0.000000292. The Labute approximate surface area is 160 Å². The fourth-order valence-corrected chi connectivity index (χ4v) is 2.41. The van der Waals surface area contributed by atoms with Gasteiger partial charge in [-0.3, -0.25) is 19.3 Å². The second-order valence-electron chi connectivity index (χ2n) is 5.57. The zero-order valence-electron chi connectivity index (χ0n) is 15.2. The highest BCUT2D eigenvalue weighted by atomic mass is 31.2. The minimum atomic E-state index is -4.54. The Morgan fingerprint density at radius 1 is 1.11 bits per heavy atom. The van der Waals surface area contributed by atoms with Gasteiger partial charge in [0, 0.05) is 35.6 Å². The number of pyridine rings is 2. The van der Waals surface area contributed by atoms with Crippen LogP contribution < -0.4 is 5.73 Å². The van der Waals surface area contributed by atoms with Crippen molar-refractivity contribution in [1.82, 2.24) is 9.97 Å². The van der Waals surface area contributed by atoms with E-state index in [2.05, 4.69) is 14.5 Å². The maximum absolute atomic E-state index is 10.5. The summed E-state index contributed by atoms with van der Waals surface area (Å²) in [6, 6.07) is 0. The number of aryl methyl sites for hydroxylation is 2. The van der Waals surface area contributed by atoms with E-state index in [0.29, 0.717) is 34.4 Å². The summed E-state index contributed by atoms with van der Waals surface area (Å²) in [7, 11) is -4.54. The van der Waals surface area contributed by atoms with Gasteiger partial charge in [-0.15, -0.1) is 0 Å². The molecular weight excluding hydrogens is 393 g/mol. The molecule has 0 aromatic carbocycles. The molecule has 2 rings (SSSR count). The number of aromatic hydroxyl groups is 2. The van der Waals surface area contributed by atoms with E-state index >= 15 is 0 Å². The van der Waals surface area contributed by atoms with Crippen LogP contribution in [0.1, 0.15) is 38.4 Å². The van der Waals surface area contributed by atoms with Crippen LogP contribution in [0.2, 0.25) is 0 Å². The van der Waals surface area contributed by atoms with Crippen molar-refractivity contribution in [3.8, 4) is 11.5 Å². The van der Waals surface area contributed by atoms with Gasteiger partial charge < -0.3 is 30.8 Å². The van der Waals surface area contributed by atoms with E-state index in [4.69, 9.17) is 20.6 Å². The summed E-state index contributed by atoms with van der Waals surface area (Å²) in [5, 5.41) is 27.7. The molecule has 0 spiro atoms. The van der Waals surface area contributed by atoms with Gasteiger partial charge in [-0.05, 0) is 13.8 Å². The highest BCUT2D eigenvalue weighted by Crippen LogP contribution is 2.37. The number of carbonyl (C=O) groups is 1. The molecule has 0 radical (unpaired) electrons. The third kappa shape index (κ3) is 6.34. The molecule has 12 heteroatoms. The number of carbonyl (C=O) groups excluding carboxylic acids is 1. The molecule has 154 valence electrons.